The molecule has 0 aromatic rings. The molecular formula is C10H12Cl2Ru. The van der Waals surface area contributed by atoms with Crippen LogP contribution in [0, 0.1) is 0 Å². The SMILES string of the molecule is Cl.Cl.[CH]12[CH]3[CH]4[CH]5[CH]1[Ru]23451678[CH]2[CH]1[CH]6[CH]7[CH]28. The topological polar surface area (TPSA) is 0 Å². The van der Waals surface area contributed by atoms with Crippen LogP contribution in [-0.4, -0.2) is 0 Å². The zero-order valence-electron chi connectivity index (χ0n) is 6.94. The fraction of sp³-hybridized carbons (Fsp3) is 1.00. The van der Waals surface area contributed by atoms with E-state index >= 15 is 0 Å². The Labute approximate surface area is 77.4 Å². The molecule has 10 heterocycles. The van der Waals surface area contributed by atoms with Gasteiger partial charge >= 0.3 is 52.8 Å². The zero-order chi connectivity index (χ0) is 6.09. The standard InChI is InChI=1S/2C5H5.2ClH.Ru/c2*1-2-4-5-3-1;;;/h2*1-5H;2*1H;. The monoisotopic (exact) mass is 304 g/mol. The third-order valence-corrected chi connectivity index (χ3v) is 80.5. The van der Waals surface area contributed by atoms with E-state index in [-0.39, 0.29) is 24.8 Å². The summed E-state index contributed by atoms with van der Waals surface area (Å²) in [6, 6.07) is 0. The van der Waals surface area contributed by atoms with Crippen molar-refractivity contribution in [1.82, 2.24) is 0 Å². The van der Waals surface area contributed by atoms with Crippen LogP contribution in [0.4, 0.5) is 0 Å². The maximum atomic E-state index is 1.61. The van der Waals surface area contributed by atoms with Crippen LogP contribution >= 0.6 is 24.8 Å². The molecule has 3 heteroatoms. The molecule has 0 N–H and O–H groups in total. The predicted octanol–water partition coefficient (Wildman–Crippen LogP) is 4.22. The Balaban J connectivity index is 0.000000222. The molecule has 10 saturated heterocycles. The first-order valence-electron chi connectivity index (χ1n) is 5.37. The molecule has 0 unspecified atom stereocenters. The van der Waals surface area contributed by atoms with Crippen molar-refractivity contribution in [3.63, 3.8) is 0 Å². The summed E-state index contributed by atoms with van der Waals surface area (Å²) in [5.41, 5.74) is 0. The van der Waals surface area contributed by atoms with Gasteiger partial charge < -0.3 is 0 Å². The molecule has 0 bridgehead atoms. The number of hydrogen-bond donors (Lipinski definition) is 0. The van der Waals surface area contributed by atoms with Gasteiger partial charge in [0.1, 0.15) is 0 Å². The molecule has 10 fully saturated rings. The Hall–Kier alpha value is 1.20. The van der Waals surface area contributed by atoms with Gasteiger partial charge in [0, 0.05) is 0 Å². The Morgan fingerprint density at radius 1 is 0.385 bits per heavy atom. The Bertz CT molecular complexity index is 580. The van der Waals surface area contributed by atoms with Crippen molar-refractivity contribution in [2.24, 2.45) is 0 Å². The predicted molar refractivity (Wildman–Crippen MR) is 52.0 cm³/mol. The van der Waals surface area contributed by atoms with Gasteiger partial charge in [-0.25, -0.2) is 0 Å². The maximum absolute atomic E-state index is 2.54. The van der Waals surface area contributed by atoms with E-state index in [1.807, 2.05) is 0 Å². The summed E-state index contributed by atoms with van der Waals surface area (Å²) in [7, 11) is -2.54. The van der Waals surface area contributed by atoms with E-state index in [1.165, 1.54) is 0 Å². The summed E-state index contributed by atoms with van der Waals surface area (Å²) in [6.45, 7) is 0. The van der Waals surface area contributed by atoms with Gasteiger partial charge in [0.15, 0.2) is 0 Å². The summed E-state index contributed by atoms with van der Waals surface area (Å²) in [6.07, 6.45) is 0. The molecule has 0 nitrogen and oxygen atoms in total. The van der Waals surface area contributed by atoms with Gasteiger partial charge in [-0.3, -0.25) is 0 Å². The van der Waals surface area contributed by atoms with Crippen molar-refractivity contribution in [3.05, 3.63) is 0 Å². The Morgan fingerprint density at radius 3 is 0.538 bits per heavy atom. The van der Waals surface area contributed by atoms with Crippen molar-refractivity contribution in [2.75, 3.05) is 0 Å². The van der Waals surface area contributed by atoms with Gasteiger partial charge in [0.25, 0.3) is 0 Å². The van der Waals surface area contributed by atoms with E-state index < -0.39 is 7.72 Å². The van der Waals surface area contributed by atoms with Crippen LogP contribution < -0.4 is 0 Å². The molecule has 10 aliphatic heterocycles. The van der Waals surface area contributed by atoms with Gasteiger partial charge in [0.05, 0.1) is 0 Å². The quantitative estimate of drug-likeness (QED) is 0.588. The van der Waals surface area contributed by atoms with Crippen LogP contribution in [0.25, 0.3) is 0 Å². The molecule has 10 aliphatic rings. The summed E-state index contributed by atoms with van der Waals surface area (Å²) in [5, 5.41) is 0. The number of fused-ring (bicyclic) bond motifs is 10. The number of rotatable bonds is 0. The minimum atomic E-state index is -2.54. The van der Waals surface area contributed by atoms with Crippen LogP contribution in [-0.2, 0) is 7.72 Å². The van der Waals surface area contributed by atoms with Crippen LogP contribution in [0.1, 0.15) is 0 Å². The fourth-order valence-corrected chi connectivity index (χ4v) is 146. The Morgan fingerprint density at radius 2 is 0.538 bits per heavy atom. The molecule has 0 amide bonds. The van der Waals surface area contributed by atoms with Gasteiger partial charge in [-0.15, -0.1) is 24.8 Å². The van der Waals surface area contributed by atoms with Gasteiger partial charge in [-0.05, 0) is 0 Å². The van der Waals surface area contributed by atoms with Crippen LogP contribution in [0.5, 0.6) is 0 Å². The van der Waals surface area contributed by atoms with Gasteiger partial charge in [0.2, 0.25) is 0 Å². The van der Waals surface area contributed by atoms with Crippen molar-refractivity contribution < 1.29 is 7.72 Å². The molecule has 13 heavy (non-hydrogen) atoms. The first-order valence-corrected chi connectivity index (χ1v) is 15.4. The van der Waals surface area contributed by atoms with Crippen LogP contribution in [0.15, 0.2) is 0 Å². The van der Waals surface area contributed by atoms with Crippen LogP contribution in [0.3, 0.4) is 0 Å². The van der Waals surface area contributed by atoms with Gasteiger partial charge in [-0.2, -0.15) is 0 Å². The van der Waals surface area contributed by atoms with Crippen molar-refractivity contribution >= 4 is 24.8 Å². The summed E-state index contributed by atoms with van der Waals surface area (Å²) in [5.74, 6) is 0. The van der Waals surface area contributed by atoms with E-state index in [1.54, 1.807) is 45.1 Å². The molecule has 0 radical (unpaired) electrons. The number of halogens is 2. The molecule has 0 saturated carbocycles. The number of hydrogen-bond acceptors (Lipinski definition) is 0. The summed E-state index contributed by atoms with van der Waals surface area (Å²) < 4.78 is 16.1. The first kappa shape index (κ1) is 5.51. The fourth-order valence-electron chi connectivity index (χ4n) is 15.8. The van der Waals surface area contributed by atoms with Gasteiger partial charge in [-0.1, -0.05) is 0 Å². The molecule has 1 spiro atoms. The molecule has 0 aromatic carbocycles. The molecule has 0 aliphatic carbocycles. The average Bonchev–Trinajstić information content (AvgIpc) is 3.01. The molecule has 0 aromatic heterocycles. The van der Waals surface area contributed by atoms with E-state index in [2.05, 4.69) is 0 Å². The summed E-state index contributed by atoms with van der Waals surface area (Å²) in [4.78, 5) is 0. The van der Waals surface area contributed by atoms with E-state index in [9.17, 15) is 0 Å². The zero-order valence-corrected chi connectivity index (χ0v) is 10.3. The normalized spacial score (nSPS) is 145. The molecular weight excluding hydrogens is 292 g/mol. The third kappa shape index (κ3) is 0.0409. The second-order valence-corrected chi connectivity index (χ2v) is 47.2. The van der Waals surface area contributed by atoms with E-state index in [4.69, 9.17) is 0 Å². The van der Waals surface area contributed by atoms with Crippen molar-refractivity contribution in [1.29, 1.82) is 0 Å². The van der Waals surface area contributed by atoms with E-state index in [0.717, 1.165) is 0 Å². The molecule has 74 valence electrons. The second-order valence-electron chi connectivity index (χ2n) is 9.58. The third-order valence-electron chi connectivity index (χ3n) is 14.5. The summed E-state index contributed by atoms with van der Waals surface area (Å²) >= 11 is 0. The van der Waals surface area contributed by atoms with Crippen molar-refractivity contribution in [3.8, 4) is 0 Å². The first-order chi connectivity index (χ1) is 5.16. The Kier molecular flexibility index (Phi) is 0.143. The van der Waals surface area contributed by atoms with Crippen LogP contribution in [0.2, 0.25) is 45.1 Å². The average molecular weight is 304 g/mol. The minimum absolute atomic E-state index is 0. The van der Waals surface area contributed by atoms with Crippen molar-refractivity contribution in [2.45, 2.75) is 45.1 Å². The molecule has 10 rings (SSSR count). The van der Waals surface area contributed by atoms with E-state index in [0.29, 0.717) is 0 Å². The molecule has 0 atom stereocenters. The second kappa shape index (κ2) is 0.339.